The summed E-state index contributed by atoms with van der Waals surface area (Å²) in [4.78, 5) is 17.7. The van der Waals surface area contributed by atoms with E-state index in [2.05, 4.69) is 4.98 Å². The SMILES string of the molecule is O=C(COc1ccccc1)N1CCCC(c2cc3cc(F)ccc3[nH]2)C1. The molecule has 2 aromatic carbocycles. The maximum Gasteiger partial charge on any atom is 0.260 e. The van der Waals surface area contributed by atoms with Crippen molar-refractivity contribution in [2.75, 3.05) is 19.7 Å². The number of amides is 1. The van der Waals surface area contributed by atoms with Crippen molar-refractivity contribution in [2.45, 2.75) is 18.8 Å². The lowest BCUT2D eigenvalue weighted by molar-refractivity contribution is -0.134. The van der Waals surface area contributed by atoms with Gasteiger partial charge in [-0.3, -0.25) is 4.79 Å². The summed E-state index contributed by atoms with van der Waals surface area (Å²) in [6, 6.07) is 16.1. The molecule has 0 bridgehead atoms. The molecule has 134 valence electrons. The van der Waals surface area contributed by atoms with Crippen molar-refractivity contribution in [1.82, 2.24) is 9.88 Å². The van der Waals surface area contributed by atoms with Crippen molar-refractivity contribution in [3.8, 4) is 5.75 Å². The number of aromatic amines is 1. The van der Waals surface area contributed by atoms with Gasteiger partial charge < -0.3 is 14.6 Å². The predicted molar refractivity (Wildman–Crippen MR) is 98.7 cm³/mol. The van der Waals surface area contributed by atoms with Crippen molar-refractivity contribution >= 4 is 16.8 Å². The lowest BCUT2D eigenvalue weighted by Gasteiger charge is -2.32. The first-order valence-electron chi connectivity index (χ1n) is 8.93. The zero-order chi connectivity index (χ0) is 17.9. The van der Waals surface area contributed by atoms with Gasteiger partial charge in [-0.2, -0.15) is 0 Å². The number of fused-ring (bicyclic) bond motifs is 1. The standard InChI is InChI=1S/C21H21FN2O2/c22-17-8-9-19-16(11-17)12-20(23-19)15-5-4-10-24(13-15)21(25)14-26-18-6-2-1-3-7-18/h1-3,6-9,11-12,15,23H,4-5,10,13-14H2. The molecular weight excluding hydrogens is 331 g/mol. The van der Waals surface area contributed by atoms with E-state index in [0.717, 1.165) is 36.0 Å². The molecule has 1 aliphatic rings. The minimum Gasteiger partial charge on any atom is -0.484 e. The number of nitrogens with zero attached hydrogens (tertiary/aromatic N) is 1. The van der Waals surface area contributed by atoms with Gasteiger partial charge in [0.25, 0.3) is 5.91 Å². The van der Waals surface area contributed by atoms with Crippen LogP contribution in [0.15, 0.2) is 54.6 Å². The fraction of sp³-hybridized carbons (Fsp3) is 0.286. The first-order chi connectivity index (χ1) is 12.7. The topological polar surface area (TPSA) is 45.3 Å². The van der Waals surface area contributed by atoms with Crippen molar-refractivity contribution in [2.24, 2.45) is 0 Å². The summed E-state index contributed by atoms with van der Waals surface area (Å²) in [6.45, 7) is 1.46. The number of hydrogen-bond acceptors (Lipinski definition) is 2. The Morgan fingerprint density at radius 1 is 1.19 bits per heavy atom. The highest BCUT2D eigenvalue weighted by molar-refractivity contribution is 5.81. The van der Waals surface area contributed by atoms with Gasteiger partial charge in [0, 0.05) is 35.6 Å². The highest BCUT2D eigenvalue weighted by Crippen LogP contribution is 2.29. The Kier molecular flexibility index (Phi) is 4.61. The molecule has 1 amide bonds. The van der Waals surface area contributed by atoms with Gasteiger partial charge >= 0.3 is 0 Å². The average molecular weight is 352 g/mol. The maximum atomic E-state index is 13.4. The highest BCUT2D eigenvalue weighted by Gasteiger charge is 2.26. The molecule has 5 heteroatoms. The molecular formula is C21H21FN2O2. The number of benzene rings is 2. The summed E-state index contributed by atoms with van der Waals surface area (Å²) in [5.41, 5.74) is 1.99. The summed E-state index contributed by atoms with van der Waals surface area (Å²) in [6.07, 6.45) is 1.96. The second kappa shape index (κ2) is 7.20. The van der Waals surface area contributed by atoms with Gasteiger partial charge in [-0.25, -0.2) is 4.39 Å². The third-order valence-corrected chi connectivity index (χ3v) is 4.92. The maximum absolute atomic E-state index is 13.4. The summed E-state index contributed by atoms with van der Waals surface area (Å²) in [5, 5.41) is 0.871. The van der Waals surface area contributed by atoms with Gasteiger partial charge in [0.05, 0.1) is 0 Å². The first kappa shape index (κ1) is 16.6. The average Bonchev–Trinajstić information content (AvgIpc) is 3.10. The van der Waals surface area contributed by atoms with Crippen LogP contribution in [0.5, 0.6) is 5.75 Å². The quantitative estimate of drug-likeness (QED) is 0.769. The molecule has 0 aliphatic carbocycles. The van der Waals surface area contributed by atoms with Crippen LogP contribution in [0.25, 0.3) is 10.9 Å². The van der Waals surface area contributed by atoms with E-state index in [-0.39, 0.29) is 24.2 Å². The number of carbonyl (C=O) groups is 1. The fourth-order valence-corrected chi connectivity index (χ4v) is 3.56. The summed E-state index contributed by atoms with van der Waals surface area (Å²) < 4.78 is 19.0. The number of halogens is 1. The summed E-state index contributed by atoms with van der Waals surface area (Å²) in [5.74, 6) is 0.703. The minimum atomic E-state index is -0.235. The Bertz CT molecular complexity index is 907. The van der Waals surface area contributed by atoms with E-state index in [9.17, 15) is 9.18 Å². The van der Waals surface area contributed by atoms with E-state index in [1.54, 1.807) is 6.07 Å². The van der Waals surface area contributed by atoms with Crippen LogP contribution in [-0.4, -0.2) is 35.5 Å². The van der Waals surface area contributed by atoms with E-state index in [1.807, 2.05) is 41.3 Å². The minimum absolute atomic E-state index is 0.000656. The molecule has 1 atom stereocenters. The van der Waals surface area contributed by atoms with Gasteiger partial charge in [-0.15, -0.1) is 0 Å². The summed E-state index contributed by atoms with van der Waals surface area (Å²) >= 11 is 0. The Morgan fingerprint density at radius 2 is 2.04 bits per heavy atom. The predicted octanol–water partition coefficient (Wildman–Crippen LogP) is 4.09. The zero-order valence-electron chi connectivity index (χ0n) is 14.5. The largest absolute Gasteiger partial charge is 0.484 e. The van der Waals surface area contributed by atoms with Crippen LogP contribution in [-0.2, 0) is 4.79 Å². The number of H-pyrrole nitrogens is 1. The van der Waals surface area contributed by atoms with Crippen LogP contribution in [0.3, 0.4) is 0 Å². The van der Waals surface area contributed by atoms with E-state index >= 15 is 0 Å². The highest BCUT2D eigenvalue weighted by atomic mass is 19.1. The lowest BCUT2D eigenvalue weighted by Crippen LogP contribution is -2.41. The van der Waals surface area contributed by atoms with Crippen LogP contribution in [0.1, 0.15) is 24.5 Å². The summed E-state index contributed by atoms with van der Waals surface area (Å²) in [7, 11) is 0. The van der Waals surface area contributed by atoms with Crippen LogP contribution in [0.4, 0.5) is 4.39 Å². The molecule has 4 rings (SSSR count). The normalized spacial score (nSPS) is 17.4. The van der Waals surface area contributed by atoms with Crippen molar-refractivity contribution < 1.29 is 13.9 Å². The number of likely N-dealkylation sites (tertiary alicyclic amines) is 1. The fourth-order valence-electron chi connectivity index (χ4n) is 3.56. The number of ether oxygens (including phenoxy) is 1. The van der Waals surface area contributed by atoms with Gasteiger partial charge in [0.1, 0.15) is 11.6 Å². The third kappa shape index (κ3) is 3.57. The van der Waals surface area contributed by atoms with Crippen LogP contribution >= 0.6 is 0 Å². The number of rotatable bonds is 4. The van der Waals surface area contributed by atoms with Crippen molar-refractivity contribution in [3.05, 3.63) is 66.1 Å². The smallest absolute Gasteiger partial charge is 0.260 e. The van der Waals surface area contributed by atoms with Crippen LogP contribution in [0, 0.1) is 5.82 Å². The number of carbonyl (C=O) groups excluding carboxylic acids is 1. The molecule has 1 fully saturated rings. The van der Waals surface area contributed by atoms with E-state index in [4.69, 9.17) is 4.74 Å². The number of hydrogen-bond donors (Lipinski definition) is 1. The molecule has 0 radical (unpaired) electrons. The van der Waals surface area contributed by atoms with Crippen LogP contribution < -0.4 is 4.74 Å². The van der Waals surface area contributed by atoms with Gasteiger partial charge in [0.2, 0.25) is 0 Å². The Hall–Kier alpha value is -2.82. The molecule has 1 aromatic heterocycles. The van der Waals surface area contributed by atoms with E-state index in [1.165, 1.54) is 12.1 Å². The van der Waals surface area contributed by atoms with Gasteiger partial charge in [0.15, 0.2) is 6.61 Å². The van der Waals surface area contributed by atoms with Gasteiger partial charge in [-0.1, -0.05) is 18.2 Å². The Labute approximate surface area is 151 Å². The second-order valence-electron chi connectivity index (χ2n) is 6.74. The van der Waals surface area contributed by atoms with E-state index in [0.29, 0.717) is 12.3 Å². The van der Waals surface area contributed by atoms with Crippen LogP contribution in [0.2, 0.25) is 0 Å². The number of para-hydroxylation sites is 1. The number of nitrogens with one attached hydrogen (secondary N) is 1. The van der Waals surface area contributed by atoms with E-state index < -0.39 is 0 Å². The van der Waals surface area contributed by atoms with Gasteiger partial charge in [-0.05, 0) is 49.2 Å². The second-order valence-corrected chi connectivity index (χ2v) is 6.74. The molecule has 4 nitrogen and oxygen atoms in total. The molecule has 2 heterocycles. The lowest BCUT2D eigenvalue weighted by atomic mass is 9.94. The molecule has 1 N–H and O–H groups in total. The Balaban J connectivity index is 1.42. The molecule has 1 aliphatic heterocycles. The molecule has 1 saturated heterocycles. The van der Waals surface area contributed by atoms with Crippen molar-refractivity contribution in [1.29, 1.82) is 0 Å². The molecule has 0 spiro atoms. The molecule has 26 heavy (non-hydrogen) atoms. The number of aromatic nitrogens is 1. The monoisotopic (exact) mass is 352 g/mol. The Morgan fingerprint density at radius 3 is 2.88 bits per heavy atom. The molecule has 0 saturated carbocycles. The zero-order valence-corrected chi connectivity index (χ0v) is 14.5. The molecule has 1 unspecified atom stereocenters. The first-order valence-corrected chi connectivity index (χ1v) is 8.93. The molecule has 3 aromatic rings. The number of piperidine rings is 1. The van der Waals surface area contributed by atoms with Crippen molar-refractivity contribution in [3.63, 3.8) is 0 Å². The third-order valence-electron chi connectivity index (χ3n) is 4.92.